The Hall–Kier alpha value is -0.420. The van der Waals surface area contributed by atoms with E-state index in [0.29, 0.717) is 16.0 Å². The van der Waals surface area contributed by atoms with Gasteiger partial charge in [-0.2, -0.15) is 13.2 Å². The molecule has 0 N–H and O–H groups in total. The lowest BCUT2D eigenvalue weighted by molar-refractivity contribution is -0.120. The Balaban J connectivity index is 3.03. The van der Waals surface area contributed by atoms with E-state index in [1.807, 2.05) is 0 Å². The van der Waals surface area contributed by atoms with Crippen LogP contribution in [0.2, 0.25) is 5.02 Å². The minimum absolute atomic E-state index is 0.252. The van der Waals surface area contributed by atoms with Crippen molar-refractivity contribution in [1.82, 2.24) is 0 Å². The van der Waals surface area contributed by atoms with E-state index in [9.17, 15) is 13.2 Å². The van der Waals surface area contributed by atoms with Gasteiger partial charge in [-0.1, -0.05) is 33.6 Å². The van der Waals surface area contributed by atoms with Crippen LogP contribution >= 0.6 is 27.5 Å². The van der Waals surface area contributed by atoms with Crippen molar-refractivity contribution in [2.45, 2.75) is 31.4 Å². The molecule has 0 aliphatic heterocycles. The molecule has 0 saturated heterocycles. The summed E-state index contributed by atoms with van der Waals surface area (Å²) < 4.78 is 37.5. The second-order valence-electron chi connectivity index (χ2n) is 4.25. The third-order valence-corrected chi connectivity index (χ3v) is 3.44. The van der Waals surface area contributed by atoms with Gasteiger partial charge in [0.25, 0.3) is 0 Å². The Morgan fingerprint density at radius 1 is 1.33 bits per heavy atom. The van der Waals surface area contributed by atoms with E-state index in [4.69, 9.17) is 11.6 Å². The van der Waals surface area contributed by atoms with Gasteiger partial charge in [0, 0.05) is 22.1 Å². The molecule has 0 aromatic heterocycles. The number of hydrogen-bond acceptors (Lipinski definition) is 1. The van der Waals surface area contributed by atoms with Gasteiger partial charge in [0.1, 0.15) is 6.54 Å². The number of halogens is 5. The van der Waals surface area contributed by atoms with Gasteiger partial charge in [-0.15, -0.1) is 0 Å². The molecule has 102 valence electrons. The van der Waals surface area contributed by atoms with Crippen molar-refractivity contribution >= 4 is 33.2 Å². The molecular weight excluding hydrogens is 330 g/mol. The number of rotatable bonds is 4. The highest BCUT2D eigenvalue weighted by molar-refractivity contribution is 9.08. The number of nitrogens with zero attached hydrogens (tertiary/aromatic N) is 1. The molecular formula is C12H14BrClF3N. The Labute approximate surface area is 118 Å². The Morgan fingerprint density at radius 2 is 1.94 bits per heavy atom. The average Bonchev–Trinajstić information content (AvgIpc) is 2.24. The molecule has 0 aliphatic carbocycles. The fourth-order valence-electron chi connectivity index (χ4n) is 1.59. The predicted molar refractivity (Wildman–Crippen MR) is 72.6 cm³/mol. The van der Waals surface area contributed by atoms with Crippen LogP contribution in [0.25, 0.3) is 0 Å². The first-order valence-electron chi connectivity index (χ1n) is 5.42. The van der Waals surface area contributed by atoms with Crippen molar-refractivity contribution in [1.29, 1.82) is 0 Å². The second-order valence-corrected chi connectivity index (χ2v) is 5.21. The lowest BCUT2D eigenvalue weighted by Gasteiger charge is -2.30. The van der Waals surface area contributed by atoms with Gasteiger partial charge >= 0.3 is 6.18 Å². The van der Waals surface area contributed by atoms with Gasteiger partial charge in [-0.05, 0) is 31.5 Å². The normalized spacial score (nSPS) is 12.0. The van der Waals surface area contributed by atoms with Crippen LogP contribution in [0.4, 0.5) is 18.9 Å². The SMILES string of the molecule is CC(C)N(CC(F)(F)F)c1ccc(CBr)c(Cl)c1. The highest BCUT2D eigenvalue weighted by Crippen LogP contribution is 2.29. The number of anilines is 1. The molecule has 0 atom stereocenters. The van der Waals surface area contributed by atoms with Crippen LogP contribution in [-0.4, -0.2) is 18.8 Å². The van der Waals surface area contributed by atoms with Gasteiger partial charge in [-0.3, -0.25) is 0 Å². The topological polar surface area (TPSA) is 3.24 Å². The monoisotopic (exact) mass is 343 g/mol. The molecule has 0 fully saturated rings. The van der Waals surface area contributed by atoms with Gasteiger partial charge in [0.2, 0.25) is 0 Å². The maximum Gasteiger partial charge on any atom is 0.405 e. The van der Waals surface area contributed by atoms with E-state index in [1.165, 1.54) is 4.90 Å². The van der Waals surface area contributed by atoms with E-state index in [0.717, 1.165) is 5.56 Å². The van der Waals surface area contributed by atoms with Gasteiger partial charge in [0.05, 0.1) is 0 Å². The molecule has 0 aliphatic rings. The summed E-state index contributed by atoms with van der Waals surface area (Å²) in [5.74, 6) is 0. The Morgan fingerprint density at radius 3 is 2.33 bits per heavy atom. The summed E-state index contributed by atoms with van der Waals surface area (Å²) in [5, 5.41) is 1.05. The first kappa shape index (κ1) is 15.6. The van der Waals surface area contributed by atoms with Crippen molar-refractivity contribution in [2.75, 3.05) is 11.4 Å². The maximum absolute atomic E-state index is 12.5. The van der Waals surface area contributed by atoms with Crippen molar-refractivity contribution < 1.29 is 13.2 Å². The summed E-state index contributed by atoms with van der Waals surface area (Å²) in [4.78, 5) is 1.28. The zero-order chi connectivity index (χ0) is 13.9. The van der Waals surface area contributed by atoms with Crippen LogP contribution in [0, 0.1) is 0 Å². The lowest BCUT2D eigenvalue weighted by Crippen LogP contribution is -2.39. The molecule has 0 radical (unpaired) electrons. The first-order valence-corrected chi connectivity index (χ1v) is 6.92. The van der Waals surface area contributed by atoms with Crippen LogP contribution < -0.4 is 4.90 Å². The van der Waals surface area contributed by atoms with E-state index in [2.05, 4.69) is 15.9 Å². The predicted octanol–water partition coefficient (Wildman–Crippen LogP) is 5.01. The Kier molecular flexibility index (Phi) is 5.34. The second kappa shape index (κ2) is 6.15. The standard InChI is InChI=1S/C12H14BrClF3N/c1-8(2)18(7-12(15,16)17)10-4-3-9(6-13)11(14)5-10/h3-5,8H,6-7H2,1-2H3. The summed E-state index contributed by atoms with van der Waals surface area (Å²) in [5.41, 5.74) is 1.34. The largest absolute Gasteiger partial charge is 0.405 e. The van der Waals surface area contributed by atoms with E-state index < -0.39 is 12.7 Å². The average molecular weight is 345 g/mol. The van der Waals surface area contributed by atoms with Crippen LogP contribution in [-0.2, 0) is 5.33 Å². The maximum atomic E-state index is 12.5. The molecule has 0 amide bonds. The molecule has 6 heteroatoms. The summed E-state index contributed by atoms with van der Waals surface area (Å²) in [6.07, 6.45) is -4.23. The molecule has 0 spiro atoms. The van der Waals surface area contributed by atoms with Gasteiger partial charge < -0.3 is 4.90 Å². The molecule has 1 rings (SSSR count). The molecule has 0 heterocycles. The van der Waals surface area contributed by atoms with Gasteiger partial charge in [-0.25, -0.2) is 0 Å². The number of hydrogen-bond donors (Lipinski definition) is 0. The summed E-state index contributed by atoms with van der Waals surface area (Å²) >= 11 is 9.28. The van der Waals surface area contributed by atoms with E-state index in [-0.39, 0.29) is 6.04 Å². The fraction of sp³-hybridized carbons (Fsp3) is 0.500. The molecule has 0 unspecified atom stereocenters. The minimum atomic E-state index is -4.23. The third-order valence-electron chi connectivity index (χ3n) is 2.49. The zero-order valence-corrected chi connectivity index (χ0v) is 12.4. The molecule has 0 saturated carbocycles. The third kappa shape index (κ3) is 4.35. The molecule has 1 aromatic rings. The lowest BCUT2D eigenvalue weighted by atomic mass is 10.2. The fourth-order valence-corrected chi connectivity index (χ4v) is 2.48. The van der Waals surface area contributed by atoms with Crippen molar-refractivity contribution in [3.8, 4) is 0 Å². The smallest absolute Gasteiger partial charge is 0.360 e. The highest BCUT2D eigenvalue weighted by Gasteiger charge is 2.32. The molecule has 0 bridgehead atoms. The van der Waals surface area contributed by atoms with Crippen LogP contribution in [0.5, 0.6) is 0 Å². The highest BCUT2D eigenvalue weighted by atomic mass is 79.9. The zero-order valence-electron chi connectivity index (χ0n) is 10.1. The van der Waals surface area contributed by atoms with E-state index in [1.54, 1.807) is 32.0 Å². The number of alkyl halides is 4. The van der Waals surface area contributed by atoms with Gasteiger partial charge in [0.15, 0.2) is 0 Å². The molecule has 1 aromatic carbocycles. The van der Waals surface area contributed by atoms with E-state index >= 15 is 0 Å². The minimum Gasteiger partial charge on any atom is -0.360 e. The van der Waals surface area contributed by atoms with Crippen LogP contribution in [0.15, 0.2) is 18.2 Å². The van der Waals surface area contributed by atoms with Crippen molar-refractivity contribution in [3.63, 3.8) is 0 Å². The van der Waals surface area contributed by atoms with Crippen molar-refractivity contribution in [3.05, 3.63) is 28.8 Å². The Bertz CT molecular complexity index is 407. The van der Waals surface area contributed by atoms with Crippen LogP contribution in [0.1, 0.15) is 19.4 Å². The molecule has 1 nitrogen and oxygen atoms in total. The first-order chi connectivity index (χ1) is 8.24. The quantitative estimate of drug-likeness (QED) is 0.694. The molecule has 18 heavy (non-hydrogen) atoms. The number of benzene rings is 1. The summed E-state index contributed by atoms with van der Waals surface area (Å²) in [6.45, 7) is 2.46. The summed E-state index contributed by atoms with van der Waals surface area (Å²) in [7, 11) is 0. The summed E-state index contributed by atoms with van der Waals surface area (Å²) in [6, 6.07) is 4.72. The van der Waals surface area contributed by atoms with Crippen molar-refractivity contribution in [2.24, 2.45) is 0 Å². The van der Waals surface area contributed by atoms with Crippen LogP contribution in [0.3, 0.4) is 0 Å².